The summed E-state index contributed by atoms with van der Waals surface area (Å²) in [6.45, 7) is 11.0. The SMILES string of the molecule is CC1(C)Cc2cc(NC(=O)c3cnn4cccnc34)c(N3CCN(CC4CCOCC4)CC3)cc2O1. The molecule has 3 aromatic rings. The van der Waals surface area contributed by atoms with Gasteiger partial charge in [0.25, 0.3) is 5.91 Å². The molecule has 9 heteroatoms. The molecule has 6 rings (SSSR count). The van der Waals surface area contributed by atoms with E-state index in [0.29, 0.717) is 11.2 Å². The van der Waals surface area contributed by atoms with Crippen LogP contribution in [0.15, 0.2) is 36.8 Å². The molecule has 9 nitrogen and oxygen atoms in total. The Morgan fingerprint density at radius 2 is 1.97 bits per heavy atom. The van der Waals surface area contributed by atoms with Gasteiger partial charge in [-0.05, 0) is 44.7 Å². The molecule has 2 fully saturated rings. The third kappa shape index (κ3) is 4.65. The summed E-state index contributed by atoms with van der Waals surface area (Å²) in [6, 6.07) is 6.00. The number of nitrogens with one attached hydrogen (secondary N) is 1. The first-order valence-corrected chi connectivity index (χ1v) is 13.0. The van der Waals surface area contributed by atoms with Gasteiger partial charge in [-0.15, -0.1) is 0 Å². The minimum Gasteiger partial charge on any atom is -0.487 e. The van der Waals surface area contributed by atoms with Crippen molar-refractivity contribution in [3.05, 3.63) is 47.9 Å². The average molecular weight is 491 g/mol. The van der Waals surface area contributed by atoms with Crippen molar-refractivity contribution in [1.82, 2.24) is 19.5 Å². The van der Waals surface area contributed by atoms with Crippen molar-refractivity contribution in [1.29, 1.82) is 0 Å². The standard InChI is InChI=1S/C27H34N6O3/c1-27(2)16-20-14-22(30-26(34)21-17-29-33-7-3-6-28-25(21)33)23(15-24(20)36-27)32-10-8-31(9-11-32)18-19-4-12-35-13-5-19/h3,6-7,14-15,17,19H,4-5,8-13,16,18H2,1-2H3,(H,30,34). The highest BCUT2D eigenvalue weighted by Crippen LogP contribution is 2.42. The summed E-state index contributed by atoms with van der Waals surface area (Å²) >= 11 is 0. The first kappa shape index (κ1) is 23.2. The summed E-state index contributed by atoms with van der Waals surface area (Å²) in [6.07, 6.45) is 8.17. The predicted octanol–water partition coefficient (Wildman–Crippen LogP) is 3.24. The highest BCUT2D eigenvalue weighted by molar-refractivity contribution is 6.09. The predicted molar refractivity (Wildman–Crippen MR) is 138 cm³/mol. The van der Waals surface area contributed by atoms with Crippen molar-refractivity contribution in [2.45, 2.75) is 38.7 Å². The molecule has 1 N–H and O–H groups in total. The molecule has 36 heavy (non-hydrogen) atoms. The minimum absolute atomic E-state index is 0.207. The van der Waals surface area contributed by atoms with E-state index in [1.54, 1.807) is 29.2 Å². The zero-order valence-electron chi connectivity index (χ0n) is 21.1. The summed E-state index contributed by atoms with van der Waals surface area (Å²) < 4.78 is 13.4. The highest BCUT2D eigenvalue weighted by Gasteiger charge is 2.33. The molecule has 0 bridgehead atoms. The first-order valence-electron chi connectivity index (χ1n) is 13.0. The van der Waals surface area contributed by atoms with Gasteiger partial charge in [-0.3, -0.25) is 9.69 Å². The van der Waals surface area contributed by atoms with Crippen LogP contribution >= 0.6 is 0 Å². The Morgan fingerprint density at radius 1 is 1.17 bits per heavy atom. The number of aromatic nitrogens is 3. The smallest absolute Gasteiger partial charge is 0.261 e. The molecule has 0 radical (unpaired) electrons. The van der Waals surface area contributed by atoms with Gasteiger partial charge in [0.15, 0.2) is 5.65 Å². The van der Waals surface area contributed by atoms with Crippen LogP contribution in [0.1, 0.15) is 42.6 Å². The second-order valence-corrected chi connectivity index (χ2v) is 10.8. The van der Waals surface area contributed by atoms with Crippen molar-refractivity contribution in [2.24, 2.45) is 5.92 Å². The Labute approximate surface area is 211 Å². The van der Waals surface area contributed by atoms with Crippen LogP contribution in [0.4, 0.5) is 11.4 Å². The van der Waals surface area contributed by atoms with E-state index >= 15 is 0 Å². The van der Waals surface area contributed by atoms with Crippen LogP contribution in [0.5, 0.6) is 5.75 Å². The molecule has 3 aliphatic rings. The molecule has 0 atom stereocenters. The molecule has 0 aliphatic carbocycles. The van der Waals surface area contributed by atoms with E-state index in [1.807, 2.05) is 0 Å². The van der Waals surface area contributed by atoms with Gasteiger partial charge in [-0.2, -0.15) is 5.10 Å². The number of carbonyl (C=O) groups is 1. The molecule has 190 valence electrons. The van der Waals surface area contributed by atoms with Crippen molar-refractivity contribution >= 4 is 22.9 Å². The number of fused-ring (bicyclic) bond motifs is 2. The lowest BCUT2D eigenvalue weighted by atomic mass is 9.99. The normalized spacial score (nSPS) is 20.3. The fraction of sp³-hybridized carbons (Fsp3) is 0.519. The Morgan fingerprint density at radius 3 is 2.78 bits per heavy atom. The van der Waals surface area contributed by atoms with Crippen LogP contribution in [0.25, 0.3) is 5.65 Å². The van der Waals surface area contributed by atoms with Crippen molar-refractivity contribution in [3.63, 3.8) is 0 Å². The average Bonchev–Trinajstić information content (AvgIpc) is 3.44. The monoisotopic (exact) mass is 490 g/mol. The van der Waals surface area contributed by atoms with Gasteiger partial charge >= 0.3 is 0 Å². The Kier molecular flexibility index (Phi) is 6.05. The van der Waals surface area contributed by atoms with E-state index in [-0.39, 0.29) is 11.5 Å². The Bertz CT molecular complexity index is 1260. The van der Waals surface area contributed by atoms with Gasteiger partial charge in [0.05, 0.1) is 17.6 Å². The van der Waals surface area contributed by atoms with Gasteiger partial charge in [0, 0.05) is 76.4 Å². The summed E-state index contributed by atoms with van der Waals surface area (Å²) in [4.78, 5) is 22.6. The van der Waals surface area contributed by atoms with Crippen molar-refractivity contribution in [2.75, 3.05) is 56.2 Å². The van der Waals surface area contributed by atoms with E-state index in [0.717, 1.165) is 93.8 Å². The molecule has 1 amide bonds. The molecule has 1 aromatic carbocycles. The van der Waals surface area contributed by atoms with Crippen LogP contribution < -0.4 is 15.0 Å². The number of hydrogen-bond acceptors (Lipinski definition) is 7. The number of ether oxygens (including phenoxy) is 2. The van der Waals surface area contributed by atoms with Crippen LogP contribution in [0.2, 0.25) is 0 Å². The summed E-state index contributed by atoms with van der Waals surface area (Å²) in [7, 11) is 0. The lowest BCUT2D eigenvalue weighted by Crippen LogP contribution is -2.48. The number of carbonyl (C=O) groups excluding carboxylic acids is 1. The van der Waals surface area contributed by atoms with Crippen LogP contribution in [0.3, 0.4) is 0 Å². The zero-order chi connectivity index (χ0) is 24.7. The molecule has 3 aliphatic heterocycles. The maximum atomic E-state index is 13.4. The minimum atomic E-state index is -0.253. The fourth-order valence-electron chi connectivity index (χ4n) is 5.64. The number of nitrogens with zero attached hydrogens (tertiary/aromatic N) is 5. The Hall–Kier alpha value is -3.17. The van der Waals surface area contributed by atoms with Crippen molar-refractivity contribution in [3.8, 4) is 5.75 Å². The Balaban J connectivity index is 1.23. The van der Waals surface area contributed by atoms with Gasteiger partial charge < -0.3 is 19.7 Å². The fourth-order valence-corrected chi connectivity index (χ4v) is 5.64. The molecule has 0 spiro atoms. The number of amides is 1. The number of hydrogen-bond donors (Lipinski definition) is 1. The van der Waals surface area contributed by atoms with E-state index in [1.165, 1.54) is 0 Å². The maximum absolute atomic E-state index is 13.4. The molecular formula is C27H34N6O3. The third-order valence-corrected chi connectivity index (χ3v) is 7.52. The topological polar surface area (TPSA) is 84.2 Å². The van der Waals surface area contributed by atoms with Crippen LogP contribution in [-0.4, -0.2) is 76.9 Å². The molecule has 5 heterocycles. The summed E-state index contributed by atoms with van der Waals surface area (Å²) in [5.74, 6) is 1.44. The lowest BCUT2D eigenvalue weighted by Gasteiger charge is -2.39. The molecule has 2 saturated heterocycles. The number of anilines is 2. The van der Waals surface area contributed by atoms with E-state index in [2.05, 4.69) is 51.2 Å². The first-order chi connectivity index (χ1) is 17.4. The second kappa shape index (κ2) is 9.37. The molecular weight excluding hydrogens is 456 g/mol. The van der Waals surface area contributed by atoms with Gasteiger partial charge in [-0.1, -0.05) is 0 Å². The molecule has 2 aromatic heterocycles. The third-order valence-electron chi connectivity index (χ3n) is 7.52. The number of benzene rings is 1. The summed E-state index contributed by atoms with van der Waals surface area (Å²) in [5, 5.41) is 7.46. The second-order valence-electron chi connectivity index (χ2n) is 10.8. The largest absolute Gasteiger partial charge is 0.487 e. The summed E-state index contributed by atoms with van der Waals surface area (Å²) in [5.41, 5.74) is 3.69. The lowest BCUT2D eigenvalue weighted by molar-refractivity contribution is 0.0517. The van der Waals surface area contributed by atoms with Gasteiger partial charge in [-0.25, -0.2) is 9.50 Å². The van der Waals surface area contributed by atoms with E-state index in [9.17, 15) is 4.79 Å². The zero-order valence-corrected chi connectivity index (χ0v) is 21.1. The number of rotatable bonds is 5. The van der Waals surface area contributed by atoms with Crippen LogP contribution in [0, 0.1) is 5.92 Å². The molecule has 0 saturated carbocycles. The van der Waals surface area contributed by atoms with Crippen LogP contribution in [-0.2, 0) is 11.2 Å². The quantitative estimate of drug-likeness (QED) is 0.588. The maximum Gasteiger partial charge on any atom is 0.261 e. The van der Waals surface area contributed by atoms with E-state index < -0.39 is 0 Å². The van der Waals surface area contributed by atoms with E-state index in [4.69, 9.17) is 9.47 Å². The van der Waals surface area contributed by atoms with Gasteiger partial charge in [0.1, 0.15) is 16.9 Å². The number of piperazine rings is 1. The highest BCUT2D eigenvalue weighted by atomic mass is 16.5. The van der Waals surface area contributed by atoms with Gasteiger partial charge in [0.2, 0.25) is 0 Å². The van der Waals surface area contributed by atoms with Crippen molar-refractivity contribution < 1.29 is 14.3 Å². The molecule has 0 unspecified atom stereocenters.